The molecule has 0 spiro atoms. The third-order valence-electron chi connectivity index (χ3n) is 4.80. The zero-order valence-electron chi connectivity index (χ0n) is 17.8. The normalized spacial score (nSPS) is 13.6. The second-order valence-corrected chi connectivity index (χ2v) is 9.90. The SMILES string of the molecule is CCCCCOc1ccc(-c2ccc(C(=O)Oc3ccc(S(F)(F)(F)(F)F)cc3)cc2)cc1. The molecule has 3 aromatic carbocycles. The van der Waals surface area contributed by atoms with Crippen LogP contribution in [-0.4, -0.2) is 12.6 Å². The molecular formula is C24H23F5O3S. The first kappa shape index (κ1) is 24.6. The van der Waals surface area contributed by atoms with Crippen LogP contribution in [0.2, 0.25) is 0 Å². The van der Waals surface area contributed by atoms with Crippen LogP contribution >= 0.6 is 10.2 Å². The molecule has 0 bridgehead atoms. The quantitative estimate of drug-likeness (QED) is 0.131. The molecule has 0 radical (unpaired) electrons. The van der Waals surface area contributed by atoms with Gasteiger partial charge in [-0.15, -0.1) is 0 Å². The molecule has 0 atom stereocenters. The average molecular weight is 487 g/mol. The van der Waals surface area contributed by atoms with E-state index in [0.717, 1.165) is 36.1 Å². The molecular weight excluding hydrogens is 463 g/mol. The highest BCUT2D eigenvalue weighted by molar-refractivity contribution is 8.45. The van der Waals surface area contributed by atoms with Gasteiger partial charge in [-0.3, -0.25) is 0 Å². The fourth-order valence-corrected chi connectivity index (χ4v) is 3.67. The number of rotatable bonds is 9. The summed E-state index contributed by atoms with van der Waals surface area (Å²) in [6.07, 6.45) is 3.23. The van der Waals surface area contributed by atoms with Crippen molar-refractivity contribution in [1.82, 2.24) is 0 Å². The molecule has 0 heterocycles. The van der Waals surface area contributed by atoms with Gasteiger partial charge in [0.2, 0.25) is 0 Å². The fourth-order valence-electron chi connectivity index (χ4n) is 3.02. The van der Waals surface area contributed by atoms with Crippen molar-refractivity contribution < 1.29 is 33.7 Å². The molecule has 3 aromatic rings. The highest BCUT2D eigenvalue weighted by atomic mass is 32.5. The van der Waals surface area contributed by atoms with Crippen LogP contribution in [0.4, 0.5) is 19.4 Å². The molecule has 0 N–H and O–H groups in total. The summed E-state index contributed by atoms with van der Waals surface area (Å²) >= 11 is 0. The number of esters is 1. The Morgan fingerprint density at radius 2 is 1.24 bits per heavy atom. The second-order valence-electron chi connectivity index (χ2n) is 7.49. The van der Waals surface area contributed by atoms with Crippen LogP contribution < -0.4 is 9.47 Å². The molecule has 178 valence electrons. The largest absolute Gasteiger partial charge is 0.494 e. The van der Waals surface area contributed by atoms with E-state index in [0.29, 0.717) is 18.7 Å². The number of benzene rings is 3. The van der Waals surface area contributed by atoms with Crippen LogP contribution in [0.3, 0.4) is 0 Å². The van der Waals surface area contributed by atoms with Crippen LogP contribution in [0.5, 0.6) is 11.5 Å². The highest BCUT2D eigenvalue weighted by Gasteiger charge is 2.65. The molecule has 0 aliphatic heterocycles. The minimum Gasteiger partial charge on any atom is -0.494 e. The summed E-state index contributed by atoms with van der Waals surface area (Å²) in [6, 6.07) is 15.7. The topological polar surface area (TPSA) is 35.5 Å². The van der Waals surface area contributed by atoms with Crippen molar-refractivity contribution in [3.63, 3.8) is 0 Å². The molecule has 0 saturated heterocycles. The van der Waals surface area contributed by atoms with Gasteiger partial charge < -0.3 is 9.47 Å². The van der Waals surface area contributed by atoms with Crippen molar-refractivity contribution in [3.05, 3.63) is 78.4 Å². The molecule has 0 aromatic heterocycles. The molecule has 0 unspecified atom stereocenters. The van der Waals surface area contributed by atoms with Gasteiger partial charge in [0.15, 0.2) is 0 Å². The molecule has 9 heteroatoms. The van der Waals surface area contributed by atoms with Crippen LogP contribution in [-0.2, 0) is 0 Å². The first-order chi connectivity index (χ1) is 15.4. The molecule has 0 aliphatic carbocycles. The highest BCUT2D eigenvalue weighted by Crippen LogP contribution is 3.02. The van der Waals surface area contributed by atoms with Crippen LogP contribution in [0.1, 0.15) is 36.5 Å². The summed E-state index contributed by atoms with van der Waals surface area (Å²) in [5, 5.41) is 0. The maximum Gasteiger partial charge on any atom is 0.343 e. The maximum atomic E-state index is 12.8. The number of ether oxygens (including phenoxy) is 2. The van der Waals surface area contributed by atoms with E-state index in [1.165, 1.54) is 12.1 Å². The van der Waals surface area contributed by atoms with Crippen LogP contribution in [0, 0.1) is 0 Å². The summed E-state index contributed by atoms with van der Waals surface area (Å²) in [4.78, 5) is 10.2. The van der Waals surface area contributed by atoms with E-state index in [1.54, 1.807) is 12.1 Å². The number of carbonyl (C=O) groups excluding carboxylic acids is 1. The molecule has 33 heavy (non-hydrogen) atoms. The van der Waals surface area contributed by atoms with E-state index in [9.17, 15) is 24.2 Å². The Kier molecular flexibility index (Phi) is 6.48. The van der Waals surface area contributed by atoms with Gasteiger partial charge in [0, 0.05) is 0 Å². The molecule has 0 saturated carbocycles. The van der Waals surface area contributed by atoms with Gasteiger partial charge in [-0.1, -0.05) is 63.5 Å². The van der Waals surface area contributed by atoms with Crippen molar-refractivity contribution in [2.24, 2.45) is 0 Å². The first-order valence-corrected chi connectivity index (χ1v) is 12.2. The van der Waals surface area contributed by atoms with E-state index in [2.05, 4.69) is 6.92 Å². The Morgan fingerprint density at radius 3 is 1.76 bits per heavy atom. The van der Waals surface area contributed by atoms with E-state index < -0.39 is 21.1 Å². The predicted molar refractivity (Wildman–Crippen MR) is 120 cm³/mol. The molecule has 0 aliphatic rings. The lowest BCUT2D eigenvalue weighted by molar-refractivity contribution is 0.0734. The summed E-state index contributed by atoms with van der Waals surface area (Å²) in [7, 11) is -9.77. The lowest BCUT2D eigenvalue weighted by Gasteiger charge is -2.40. The molecule has 3 nitrogen and oxygen atoms in total. The fraction of sp³-hybridized carbons (Fsp3) is 0.208. The number of unbranched alkanes of at least 4 members (excludes halogenated alkanes) is 2. The Bertz CT molecular complexity index is 1100. The molecule has 0 amide bonds. The summed E-state index contributed by atoms with van der Waals surface area (Å²) in [6.45, 7) is 2.78. The average Bonchev–Trinajstić information content (AvgIpc) is 2.76. The zero-order chi connectivity index (χ0) is 24.2. The van der Waals surface area contributed by atoms with Crippen LogP contribution in [0.15, 0.2) is 77.7 Å². The van der Waals surface area contributed by atoms with E-state index in [-0.39, 0.29) is 23.4 Å². The zero-order valence-corrected chi connectivity index (χ0v) is 18.6. The Hall–Kier alpha value is -3.07. The number of carbonyl (C=O) groups is 1. The number of halogens is 5. The van der Waals surface area contributed by atoms with E-state index >= 15 is 0 Å². The predicted octanol–water partition coefficient (Wildman–Crippen LogP) is 8.80. The van der Waals surface area contributed by atoms with Crippen molar-refractivity contribution in [3.8, 4) is 22.6 Å². The van der Waals surface area contributed by atoms with Gasteiger partial charge in [0.1, 0.15) is 16.4 Å². The minimum absolute atomic E-state index is 0.159. The van der Waals surface area contributed by atoms with Crippen LogP contribution in [0.25, 0.3) is 11.1 Å². The van der Waals surface area contributed by atoms with Gasteiger partial charge in [-0.25, -0.2) is 4.79 Å². The summed E-state index contributed by atoms with van der Waals surface area (Å²) in [5.74, 6) is -0.326. The lowest BCUT2D eigenvalue weighted by Crippen LogP contribution is -2.09. The Balaban J connectivity index is 1.62. The van der Waals surface area contributed by atoms with Crippen molar-refractivity contribution >= 4 is 16.2 Å². The number of hydrogen-bond acceptors (Lipinski definition) is 3. The van der Waals surface area contributed by atoms with E-state index in [4.69, 9.17) is 9.47 Å². The maximum absolute atomic E-state index is 12.8. The summed E-state index contributed by atoms with van der Waals surface area (Å²) < 4.78 is 74.6. The number of hydrogen-bond donors (Lipinski definition) is 0. The standard InChI is InChI=1S/C24H23F5O3S/c1-2-3-4-17-31-21-11-9-19(10-12-21)18-5-7-20(8-6-18)24(30)32-22-13-15-23(16-14-22)33(25,26,27,28)29/h5-16H,2-4,17H2,1H3. The van der Waals surface area contributed by atoms with Crippen molar-refractivity contribution in [1.29, 1.82) is 0 Å². The summed E-state index contributed by atoms with van der Waals surface area (Å²) in [5.41, 5.74) is 1.90. The first-order valence-electron chi connectivity index (χ1n) is 10.3. The second kappa shape index (κ2) is 8.70. The smallest absolute Gasteiger partial charge is 0.343 e. The van der Waals surface area contributed by atoms with Gasteiger partial charge >= 0.3 is 16.2 Å². The van der Waals surface area contributed by atoms with Gasteiger partial charge in [0.25, 0.3) is 0 Å². The molecule has 3 rings (SSSR count). The minimum atomic E-state index is -9.77. The third kappa shape index (κ3) is 6.95. The van der Waals surface area contributed by atoms with Gasteiger partial charge in [0.05, 0.1) is 12.2 Å². The van der Waals surface area contributed by atoms with Gasteiger partial charge in [-0.2, -0.15) is 0 Å². The van der Waals surface area contributed by atoms with Crippen molar-refractivity contribution in [2.75, 3.05) is 6.61 Å². The van der Waals surface area contributed by atoms with E-state index in [1.807, 2.05) is 24.3 Å². The third-order valence-corrected chi connectivity index (χ3v) is 5.97. The Morgan fingerprint density at radius 1 is 0.727 bits per heavy atom. The van der Waals surface area contributed by atoms with Gasteiger partial charge in [-0.05, 0) is 66.1 Å². The lowest BCUT2D eigenvalue weighted by atomic mass is 10.0. The van der Waals surface area contributed by atoms with Crippen molar-refractivity contribution in [2.45, 2.75) is 31.1 Å². The monoisotopic (exact) mass is 486 g/mol. The molecule has 0 fully saturated rings. The Labute approximate surface area is 188 Å².